The molecule has 0 saturated heterocycles. The van der Waals surface area contributed by atoms with E-state index in [9.17, 15) is 9.59 Å². The van der Waals surface area contributed by atoms with E-state index in [2.05, 4.69) is 10.4 Å². The fourth-order valence-electron chi connectivity index (χ4n) is 3.75. The van der Waals surface area contributed by atoms with Gasteiger partial charge in [0.1, 0.15) is 5.75 Å². The highest BCUT2D eigenvalue weighted by molar-refractivity contribution is 6.34. The molecule has 9 heteroatoms. The second-order valence-electron chi connectivity index (χ2n) is 7.14. The summed E-state index contributed by atoms with van der Waals surface area (Å²) < 4.78 is 6.83. The van der Waals surface area contributed by atoms with Gasteiger partial charge in [0.2, 0.25) is 0 Å². The quantitative estimate of drug-likeness (QED) is 0.633. The average molecular weight is 459 g/mol. The maximum absolute atomic E-state index is 13.2. The summed E-state index contributed by atoms with van der Waals surface area (Å²) in [6.07, 6.45) is 2.16. The SMILES string of the molecule is COc1ccc(C(=O)N2CCC(NC(=O)c3ccccc3Cl)c3c2cnn3C)cc1Cl. The van der Waals surface area contributed by atoms with Crippen molar-refractivity contribution in [1.29, 1.82) is 0 Å². The lowest BCUT2D eigenvalue weighted by Gasteiger charge is -2.32. The van der Waals surface area contributed by atoms with Crippen molar-refractivity contribution in [2.75, 3.05) is 18.6 Å². The molecule has 1 N–H and O–H groups in total. The van der Waals surface area contributed by atoms with Crippen LogP contribution in [0, 0.1) is 0 Å². The average Bonchev–Trinajstić information content (AvgIpc) is 3.16. The standard InChI is InChI=1S/C22H20Cl2N4O3/c1-27-20-17(26-21(29)14-5-3-4-6-15(14)23)9-10-28(18(20)12-25-27)22(30)13-7-8-19(31-2)16(24)11-13/h3-8,11-12,17H,9-10H2,1-2H3,(H,26,29). The van der Waals surface area contributed by atoms with Gasteiger partial charge in [0, 0.05) is 19.2 Å². The summed E-state index contributed by atoms with van der Waals surface area (Å²) in [6.45, 7) is 0.411. The van der Waals surface area contributed by atoms with Gasteiger partial charge in [-0.15, -0.1) is 0 Å². The molecule has 0 saturated carbocycles. The van der Waals surface area contributed by atoms with Gasteiger partial charge in [-0.05, 0) is 36.8 Å². The molecule has 0 bridgehead atoms. The van der Waals surface area contributed by atoms with Crippen LogP contribution in [0.4, 0.5) is 5.69 Å². The molecule has 0 aliphatic carbocycles. The first-order valence-electron chi connectivity index (χ1n) is 9.63. The lowest BCUT2D eigenvalue weighted by molar-refractivity contribution is 0.0931. The molecule has 3 aromatic rings. The van der Waals surface area contributed by atoms with Crippen molar-refractivity contribution in [3.63, 3.8) is 0 Å². The zero-order chi connectivity index (χ0) is 22.1. The molecule has 7 nitrogen and oxygen atoms in total. The van der Waals surface area contributed by atoms with E-state index >= 15 is 0 Å². The number of fused-ring (bicyclic) bond motifs is 1. The zero-order valence-electron chi connectivity index (χ0n) is 16.9. The smallest absolute Gasteiger partial charge is 0.258 e. The Morgan fingerprint density at radius 3 is 2.65 bits per heavy atom. The summed E-state index contributed by atoms with van der Waals surface area (Å²) in [7, 11) is 3.30. The maximum Gasteiger partial charge on any atom is 0.258 e. The lowest BCUT2D eigenvalue weighted by Crippen LogP contribution is -2.41. The molecule has 1 aliphatic heterocycles. The Hall–Kier alpha value is -3.03. The second kappa shape index (κ2) is 8.61. The molecule has 2 heterocycles. The first-order chi connectivity index (χ1) is 14.9. The van der Waals surface area contributed by atoms with Gasteiger partial charge in [-0.25, -0.2) is 0 Å². The number of hydrogen-bond acceptors (Lipinski definition) is 4. The van der Waals surface area contributed by atoms with E-state index in [0.29, 0.717) is 45.6 Å². The number of nitrogens with zero attached hydrogens (tertiary/aromatic N) is 3. The second-order valence-corrected chi connectivity index (χ2v) is 7.95. The van der Waals surface area contributed by atoms with Crippen LogP contribution < -0.4 is 15.0 Å². The van der Waals surface area contributed by atoms with Gasteiger partial charge < -0.3 is 15.0 Å². The van der Waals surface area contributed by atoms with E-state index in [-0.39, 0.29) is 17.9 Å². The Labute approximate surface area is 189 Å². The highest BCUT2D eigenvalue weighted by atomic mass is 35.5. The number of aromatic nitrogens is 2. The Balaban J connectivity index is 1.61. The zero-order valence-corrected chi connectivity index (χ0v) is 18.4. The fourth-order valence-corrected chi connectivity index (χ4v) is 4.23. The molecular formula is C22H20Cl2N4O3. The number of carbonyl (C=O) groups excluding carboxylic acids is 2. The van der Waals surface area contributed by atoms with E-state index in [1.165, 1.54) is 7.11 Å². The minimum absolute atomic E-state index is 0.199. The molecule has 0 spiro atoms. The highest BCUT2D eigenvalue weighted by Gasteiger charge is 2.33. The van der Waals surface area contributed by atoms with E-state index in [1.807, 2.05) is 0 Å². The molecule has 1 aliphatic rings. The van der Waals surface area contributed by atoms with Crippen molar-refractivity contribution >= 4 is 40.7 Å². The number of halogens is 2. The number of aryl methyl sites for hydroxylation is 1. The molecule has 1 aromatic heterocycles. The van der Waals surface area contributed by atoms with Crippen LogP contribution in [0.1, 0.15) is 38.9 Å². The van der Waals surface area contributed by atoms with E-state index in [0.717, 1.165) is 5.69 Å². The molecule has 160 valence electrons. The number of carbonyl (C=O) groups is 2. The lowest BCUT2D eigenvalue weighted by atomic mass is 10.0. The van der Waals surface area contributed by atoms with Crippen LogP contribution in [0.25, 0.3) is 0 Å². The predicted octanol–water partition coefficient (Wildman–Crippen LogP) is 4.26. The highest BCUT2D eigenvalue weighted by Crippen LogP contribution is 2.35. The van der Waals surface area contributed by atoms with E-state index in [4.69, 9.17) is 27.9 Å². The molecule has 31 heavy (non-hydrogen) atoms. The van der Waals surface area contributed by atoms with Gasteiger partial charge >= 0.3 is 0 Å². The number of methoxy groups -OCH3 is 1. The molecule has 2 amide bonds. The van der Waals surface area contributed by atoms with E-state index < -0.39 is 0 Å². The summed E-state index contributed by atoms with van der Waals surface area (Å²) in [4.78, 5) is 27.6. The molecular weight excluding hydrogens is 439 g/mol. The Kier molecular flexibility index (Phi) is 5.89. The first kappa shape index (κ1) is 21.2. The number of anilines is 1. The summed E-state index contributed by atoms with van der Waals surface area (Å²) in [5, 5.41) is 8.09. The van der Waals surface area contributed by atoms with Crippen molar-refractivity contribution in [2.45, 2.75) is 12.5 Å². The summed E-state index contributed by atoms with van der Waals surface area (Å²) in [6, 6.07) is 11.5. The van der Waals surface area contributed by atoms with Crippen LogP contribution in [0.2, 0.25) is 10.0 Å². The topological polar surface area (TPSA) is 76.5 Å². The number of hydrogen-bond donors (Lipinski definition) is 1. The van der Waals surface area contributed by atoms with Crippen molar-refractivity contribution < 1.29 is 14.3 Å². The van der Waals surface area contributed by atoms with Crippen LogP contribution >= 0.6 is 23.2 Å². The van der Waals surface area contributed by atoms with Gasteiger partial charge in [-0.3, -0.25) is 14.3 Å². The van der Waals surface area contributed by atoms with Gasteiger partial charge in [0.15, 0.2) is 0 Å². The molecule has 4 rings (SSSR count). The fraction of sp³-hybridized carbons (Fsp3) is 0.227. The third kappa shape index (κ3) is 3.98. The van der Waals surface area contributed by atoms with E-state index in [1.54, 1.807) is 65.3 Å². The maximum atomic E-state index is 13.2. The Morgan fingerprint density at radius 2 is 1.94 bits per heavy atom. The Morgan fingerprint density at radius 1 is 1.16 bits per heavy atom. The van der Waals surface area contributed by atoms with Crippen LogP contribution in [-0.2, 0) is 7.05 Å². The molecule has 0 fully saturated rings. The third-order valence-corrected chi connectivity index (χ3v) is 5.92. The Bertz CT molecular complexity index is 1160. The van der Waals surface area contributed by atoms with Crippen molar-refractivity contribution in [3.8, 4) is 5.75 Å². The van der Waals surface area contributed by atoms with Crippen LogP contribution in [0.5, 0.6) is 5.75 Å². The van der Waals surface area contributed by atoms with Gasteiger partial charge in [0.05, 0.1) is 46.3 Å². The van der Waals surface area contributed by atoms with Gasteiger partial charge in [-0.1, -0.05) is 35.3 Å². The number of amides is 2. The van der Waals surface area contributed by atoms with Crippen molar-refractivity contribution in [3.05, 3.63) is 75.5 Å². The number of nitrogens with one attached hydrogen (secondary N) is 1. The van der Waals surface area contributed by atoms with Gasteiger partial charge in [0.25, 0.3) is 11.8 Å². The van der Waals surface area contributed by atoms with Crippen LogP contribution in [-0.4, -0.2) is 35.2 Å². The summed E-state index contributed by atoms with van der Waals surface area (Å²) >= 11 is 12.4. The minimum atomic E-state index is -0.310. The number of ether oxygens (including phenoxy) is 1. The molecule has 0 radical (unpaired) electrons. The summed E-state index contributed by atoms with van der Waals surface area (Å²) in [5.74, 6) is 0.0282. The van der Waals surface area contributed by atoms with Crippen molar-refractivity contribution in [2.24, 2.45) is 7.05 Å². The van der Waals surface area contributed by atoms with Crippen LogP contribution in [0.3, 0.4) is 0 Å². The first-order valence-corrected chi connectivity index (χ1v) is 10.4. The summed E-state index contributed by atoms with van der Waals surface area (Å²) in [5.41, 5.74) is 2.24. The predicted molar refractivity (Wildman–Crippen MR) is 119 cm³/mol. The monoisotopic (exact) mass is 458 g/mol. The number of rotatable bonds is 4. The largest absolute Gasteiger partial charge is 0.495 e. The van der Waals surface area contributed by atoms with Crippen LogP contribution in [0.15, 0.2) is 48.7 Å². The minimum Gasteiger partial charge on any atom is -0.495 e. The van der Waals surface area contributed by atoms with Crippen molar-refractivity contribution in [1.82, 2.24) is 15.1 Å². The molecule has 1 atom stereocenters. The normalized spacial score (nSPS) is 15.4. The molecule has 2 aromatic carbocycles. The molecule has 1 unspecified atom stereocenters. The number of benzene rings is 2. The van der Waals surface area contributed by atoms with Gasteiger partial charge in [-0.2, -0.15) is 5.10 Å². The third-order valence-electron chi connectivity index (χ3n) is 5.29.